The summed E-state index contributed by atoms with van der Waals surface area (Å²) in [5.41, 5.74) is 2.53. The van der Waals surface area contributed by atoms with Gasteiger partial charge in [0.05, 0.1) is 12.0 Å². The lowest BCUT2D eigenvalue weighted by Crippen LogP contribution is -2.56. The van der Waals surface area contributed by atoms with Gasteiger partial charge in [0, 0.05) is 6.54 Å². The number of β-lactam (4-membered cyclic amide) rings is 1. The van der Waals surface area contributed by atoms with Crippen LogP contribution in [0.4, 0.5) is 0 Å². The van der Waals surface area contributed by atoms with Crippen molar-refractivity contribution in [1.82, 2.24) is 4.90 Å². The van der Waals surface area contributed by atoms with Gasteiger partial charge in [-0.15, -0.1) is 0 Å². The molecule has 15 heavy (non-hydrogen) atoms. The Kier molecular flexibility index (Phi) is 1.72. The van der Waals surface area contributed by atoms with Crippen molar-refractivity contribution in [3.63, 3.8) is 0 Å². The van der Waals surface area contributed by atoms with Crippen LogP contribution >= 0.6 is 0 Å². The van der Waals surface area contributed by atoms with Crippen LogP contribution in [0.3, 0.4) is 0 Å². The highest BCUT2D eigenvalue weighted by Gasteiger charge is 2.46. The van der Waals surface area contributed by atoms with Crippen LogP contribution in [0.15, 0.2) is 36.4 Å². The summed E-state index contributed by atoms with van der Waals surface area (Å²) in [5, 5.41) is 0. The molecule has 1 fully saturated rings. The molecule has 0 saturated carbocycles. The number of nitrogens with zero attached hydrogens (tertiary/aromatic N) is 1. The molecule has 0 N–H and O–H groups in total. The van der Waals surface area contributed by atoms with Crippen LogP contribution in [0.25, 0.3) is 5.57 Å². The standard InChI is InChI=1S/C13H13NO/c1-9-12-7-11(8-14(12)13(9)15)10-5-3-2-4-6-10/h2-7,9,12H,8H2,1H3/t9-,12-/m1/s1. The largest absolute Gasteiger partial charge is 0.331 e. The fourth-order valence-corrected chi connectivity index (χ4v) is 2.44. The van der Waals surface area contributed by atoms with Gasteiger partial charge >= 0.3 is 0 Å². The number of fused-ring (bicyclic) bond motifs is 1. The normalized spacial score (nSPS) is 28.5. The first-order valence-corrected chi connectivity index (χ1v) is 5.34. The van der Waals surface area contributed by atoms with Gasteiger partial charge in [-0.3, -0.25) is 4.79 Å². The average Bonchev–Trinajstić information content (AvgIpc) is 2.70. The molecule has 76 valence electrons. The fraction of sp³-hybridized carbons (Fsp3) is 0.308. The molecule has 0 radical (unpaired) electrons. The second kappa shape index (κ2) is 2.96. The number of amides is 1. The highest BCUT2D eigenvalue weighted by Crippen LogP contribution is 2.36. The number of rotatable bonds is 1. The van der Waals surface area contributed by atoms with Crippen molar-refractivity contribution in [2.75, 3.05) is 6.54 Å². The number of hydrogen-bond acceptors (Lipinski definition) is 1. The van der Waals surface area contributed by atoms with Crippen LogP contribution in [-0.2, 0) is 4.79 Å². The van der Waals surface area contributed by atoms with Gasteiger partial charge in [-0.1, -0.05) is 43.3 Å². The molecule has 2 atom stereocenters. The van der Waals surface area contributed by atoms with Crippen molar-refractivity contribution >= 4 is 11.5 Å². The second-order valence-corrected chi connectivity index (χ2v) is 4.30. The topological polar surface area (TPSA) is 20.3 Å². The summed E-state index contributed by atoms with van der Waals surface area (Å²) in [5.74, 6) is 0.480. The summed E-state index contributed by atoms with van der Waals surface area (Å²) < 4.78 is 0. The molecular weight excluding hydrogens is 186 g/mol. The first-order chi connectivity index (χ1) is 7.27. The minimum Gasteiger partial charge on any atom is -0.331 e. The van der Waals surface area contributed by atoms with Gasteiger partial charge < -0.3 is 4.90 Å². The minimum absolute atomic E-state index is 0.186. The molecule has 2 nitrogen and oxygen atoms in total. The van der Waals surface area contributed by atoms with Crippen LogP contribution in [0.1, 0.15) is 12.5 Å². The van der Waals surface area contributed by atoms with Crippen molar-refractivity contribution in [1.29, 1.82) is 0 Å². The maximum Gasteiger partial charge on any atom is 0.228 e. The Hall–Kier alpha value is -1.57. The summed E-state index contributed by atoms with van der Waals surface area (Å²) >= 11 is 0. The smallest absolute Gasteiger partial charge is 0.228 e. The Morgan fingerprint density at radius 3 is 2.67 bits per heavy atom. The van der Waals surface area contributed by atoms with Gasteiger partial charge in [0.2, 0.25) is 5.91 Å². The molecule has 2 heteroatoms. The lowest BCUT2D eigenvalue weighted by molar-refractivity contribution is -0.149. The zero-order valence-corrected chi connectivity index (χ0v) is 8.68. The van der Waals surface area contributed by atoms with Crippen molar-refractivity contribution in [2.45, 2.75) is 13.0 Å². The molecule has 0 bridgehead atoms. The molecule has 1 saturated heterocycles. The van der Waals surface area contributed by atoms with E-state index in [4.69, 9.17) is 0 Å². The molecule has 2 aliphatic heterocycles. The minimum atomic E-state index is 0.186. The monoisotopic (exact) mass is 199 g/mol. The van der Waals surface area contributed by atoms with Crippen LogP contribution in [0.5, 0.6) is 0 Å². The predicted octanol–water partition coefficient (Wildman–Crippen LogP) is 1.93. The third-order valence-electron chi connectivity index (χ3n) is 3.40. The molecule has 0 aliphatic carbocycles. The van der Waals surface area contributed by atoms with Crippen molar-refractivity contribution in [2.24, 2.45) is 5.92 Å². The van der Waals surface area contributed by atoms with E-state index in [1.165, 1.54) is 11.1 Å². The summed E-state index contributed by atoms with van der Waals surface area (Å²) in [4.78, 5) is 13.5. The van der Waals surface area contributed by atoms with E-state index < -0.39 is 0 Å². The maximum atomic E-state index is 11.5. The van der Waals surface area contributed by atoms with Crippen LogP contribution < -0.4 is 0 Å². The van der Waals surface area contributed by atoms with E-state index in [2.05, 4.69) is 18.2 Å². The van der Waals surface area contributed by atoms with Gasteiger partial charge in [-0.25, -0.2) is 0 Å². The lowest BCUT2D eigenvalue weighted by Gasteiger charge is -2.40. The highest BCUT2D eigenvalue weighted by atomic mass is 16.2. The number of benzene rings is 1. The second-order valence-electron chi connectivity index (χ2n) is 4.30. The third-order valence-corrected chi connectivity index (χ3v) is 3.40. The quantitative estimate of drug-likeness (QED) is 0.633. The Labute approximate surface area is 89.2 Å². The first-order valence-electron chi connectivity index (χ1n) is 5.34. The zero-order chi connectivity index (χ0) is 10.4. The Bertz CT molecular complexity index is 435. The molecule has 0 unspecified atom stereocenters. The summed E-state index contributed by atoms with van der Waals surface area (Å²) in [6.45, 7) is 2.80. The van der Waals surface area contributed by atoms with Gasteiger partial charge in [0.15, 0.2) is 0 Å². The summed E-state index contributed by atoms with van der Waals surface area (Å²) in [6, 6.07) is 10.7. The van der Waals surface area contributed by atoms with E-state index in [1.807, 2.05) is 30.0 Å². The molecule has 0 spiro atoms. The Morgan fingerprint density at radius 1 is 1.27 bits per heavy atom. The van der Waals surface area contributed by atoms with Gasteiger partial charge in [0.1, 0.15) is 0 Å². The summed E-state index contributed by atoms with van der Waals surface area (Å²) in [7, 11) is 0. The fourth-order valence-electron chi connectivity index (χ4n) is 2.44. The van der Waals surface area contributed by atoms with Crippen molar-refractivity contribution in [3.8, 4) is 0 Å². The zero-order valence-electron chi connectivity index (χ0n) is 8.68. The SMILES string of the molecule is C[C@H]1C(=O)N2CC(c3ccccc3)=C[C@H]12. The van der Waals surface area contributed by atoms with Crippen LogP contribution in [0.2, 0.25) is 0 Å². The molecular formula is C13H13NO. The number of hydrogen-bond donors (Lipinski definition) is 0. The molecule has 0 aromatic heterocycles. The molecule has 2 heterocycles. The van der Waals surface area contributed by atoms with Gasteiger partial charge in [-0.2, -0.15) is 0 Å². The van der Waals surface area contributed by atoms with E-state index >= 15 is 0 Å². The van der Waals surface area contributed by atoms with Gasteiger partial charge in [0.25, 0.3) is 0 Å². The van der Waals surface area contributed by atoms with E-state index in [1.54, 1.807) is 0 Å². The van der Waals surface area contributed by atoms with Crippen molar-refractivity contribution in [3.05, 3.63) is 42.0 Å². The Morgan fingerprint density at radius 2 is 2.00 bits per heavy atom. The first kappa shape index (κ1) is 8.72. The van der Waals surface area contributed by atoms with Gasteiger partial charge in [-0.05, 0) is 11.1 Å². The van der Waals surface area contributed by atoms with Crippen LogP contribution in [0, 0.1) is 5.92 Å². The van der Waals surface area contributed by atoms with E-state index in [0.717, 1.165) is 6.54 Å². The molecule has 2 aliphatic rings. The highest BCUT2D eigenvalue weighted by molar-refractivity contribution is 5.91. The summed E-state index contributed by atoms with van der Waals surface area (Å²) in [6.07, 6.45) is 2.24. The number of carbonyl (C=O) groups is 1. The molecule has 1 amide bonds. The maximum absolute atomic E-state index is 11.5. The molecule has 1 aromatic carbocycles. The number of carbonyl (C=O) groups excluding carboxylic acids is 1. The third kappa shape index (κ3) is 1.14. The van der Waals surface area contributed by atoms with Crippen molar-refractivity contribution < 1.29 is 4.79 Å². The van der Waals surface area contributed by atoms with Crippen LogP contribution in [-0.4, -0.2) is 23.4 Å². The lowest BCUT2D eigenvalue weighted by atomic mass is 9.91. The van der Waals surface area contributed by atoms with E-state index in [0.29, 0.717) is 11.9 Å². The molecule has 1 aromatic rings. The molecule has 3 rings (SSSR count). The van der Waals surface area contributed by atoms with E-state index in [-0.39, 0.29) is 5.92 Å². The predicted molar refractivity (Wildman–Crippen MR) is 59.1 cm³/mol. The average molecular weight is 199 g/mol. The van der Waals surface area contributed by atoms with E-state index in [9.17, 15) is 4.79 Å². The Balaban J connectivity index is 1.90.